The van der Waals surface area contributed by atoms with Crippen LogP contribution in [0.15, 0.2) is 23.1 Å². The molecule has 0 saturated carbocycles. The van der Waals surface area contributed by atoms with Crippen LogP contribution in [0.5, 0.6) is 0 Å². The predicted molar refractivity (Wildman–Crippen MR) is 88.9 cm³/mol. The summed E-state index contributed by atoms with van der Waals surface area (Å²) in [5.74, 6) is -0.874. The Morgan fingerprint density at radius 1 is 1.40 bits per heavy atom. The fourth-order valence-electron chi connectivity index (χ4n) is 2.32. The van der Waals surface area contributed by atoms with Crippen LogP contribution < -0.4 is 0 Å². The number of ether oxygens (including phenoxy) is 1. The molecule has 0 bridgehead atoms. The SMILES string of the molecule is CN(C(=O)OC(C)(C)C)C1CN(S(=O)(=O)c2cc(CO)ccc2F)C1. The first kappa shape index (κ1) is 19.6. The number of hydrogen-bond acceptors (Lipinski definition) is 5. The molecule has 25 heavy (non-hydrogen) atoms. The van der Waals surface area contributed by atoms with Crippen LogP contribution in [0.2, 0.25) is 0 Å². The van der Waals surface area contributed by atoms with E-state index in [0.717, 1.165) is 16.4 Å². The molecule has 2 rings (SSSR count). The number of aliphatic hydroxyl groups excluding tert-OH is 1. The van der Waals surface area contributed by atoms with Gasteiger partial charge in [0.25, 0.3) is 0 Å². The molecule has 140 valence electrons. The summed E-state index contributed by atoms with van der Waals surface area (Å²) in [6.45, 7) is 4.96. The van der Waals surface area contributed by atoms with Gasteiger partial charge in [-0.2, -0.15) is 4.31 Å². The molecule has 1 fully saturated rings. The Hall–Kier alpha value is -1.71. The summed E-state index contributed by atoms with van der Waals surface area (Å²) in [4.78, 5) is 12.9. The van der Waals surface area contributed by atoms with Gasteiger partial charge < -0.3 is 14.7 Å². The second kappa shape index (κ2) is 6.89. The second-order valence-electron chi connectivity index (χ2n) is 6.99. The monoisotopic (exact) mass is 374 g/mol. The summed E-state index contributed by atoms with van der Waals surface area (Å²) in [6, 6.07) is 3.12. The van der Waals surface area contributed by atoms with Crippen LogP contribution in [-0.2, 0) is 21.4 Å². The van der Waals surface area contributed by atoms with Gasteiger partial charge in [0.15, 0.2) is 0 Å². The molecule has 0 atom stereocenters. The number of benzene rings is 1. The minimum absolute atomic E-state index is 0.0564. The fraction of sp³-hybridized carbons (Fsp3) is 0.562. The van der Waals surface area contributed by atoms with Crippen molar-refractivity contribution in [3.05, 3.63) is 29.6 Å². The molecule has 0 spiro atoms. The number of likely N-dealkylation sites (N-methyl/N-ethyl adjacent to an activating group) is 1. The van der Waals surface area contributed by atoms with Crippen LogP contribution in [0.25, 0.3) is 0 Å². The van der Waals surface area contributed by atoms with Crippen LogP contribution in [0, 0.1) is 5.82 Å². The Kier molecular flexibility index (Phi) is 5.41. The van der Waals surface area contributed by atoms with Gasteiger partial charge in [0.1, 0.15) is 16.3 Å². The molecule has 1 aromatic carbocycles. The van der Waals surface area contributed by atoms with Crippen LogP contribution in [0.1, 0.15) is 26.3 Å². The van der Waals surface area contributed by atoms with Crippen molar-refractivity contribution in [3.63, 3.8) is 0 Å². The van der Waals surface area contributed by atoms with Crippen molar-refractivity contribution in [3.8, 4) is 0 Å². The van der Waals surface area contributed by atoms with Crippen LogP contribution in [-0.4, -0.2) is 60.6 Å². The van der Waals surface area contributed by atoms with E-state index in [1.54, 1.807) is 20.8 Å². The molecule has 9 heteroatoms. The topological polar surface area (TPSA) is 87.2 Å². The molecule has 1 N–H and O–H groups in total. The summed E-state index contributed by atoms with van der Waals surface area (Å²) < 4.78 is 45.3. The van der Waals surface area contributed by atoms with Crippen molar-refractivity contribution in [2.24, 2.45) is 0 Å². The van der Waals surface area contributed by atoms with Crippen LogP contribution >= 0.6 is 0 Å². The van der Waals surface area contributed by atoms with Gasteiger partial charge in [-0.3, -0.25) is 0 Å². The van der Waals surface area contributed by atoms with Gasteiger partial charge in [0, 0.05) is 20.1 Å². The second-order valence-corrected chi connectivity index (χ2v) is 8.90. The van der Waals surface area contributed by atoms with Gasteiger partial charge in [-0.05, 0) is 38.5 Å². The van der Waals surface area contributed by atoms with E-state index in [-0.39, 0.29) is 25.7 Å². The lowest BCUT2D eigenvalue weighted by molar-refractivity contribution is 0.00905. The number of carbonyl (C=O) groups excluding carboxylic acids is 1. The Balaban J connectivity index is 2.07. The van der Waals surface area contributed by atoms with Gasteiger partial charge in [-0.1, -0.05) is 6.07 Å². The molecule has 0 aliphatic carbocycles. The van der Waals surface area contributed by atoms with E-state index in [2.05, 4.69) is 0 Å². The molecule has 0 aromatic heterocycles. The molecule has 1 aliphatic rings. The van der Waals surface area contributed by atoms with E-state index in [4.69, 9.17) is 9.84 Å². The third-order valence-corrected chi connectivity index (χ3v) is 5.70. The van der Waals surface area contributed by atoms with E-state index in [9.17, 15) is 17.6 Å². The quantitative estimate of drug-likeness (QED) is 0.864. The highest BCUT2D eigenvalue weighted by Gasteiger charge is 2.42. The van der Waals surface area contributed by atoms with Crippen molar-refractivity contribution in [2.75, 3.05) is 20.1 Å². The largest absolute Gasteiger partial charge is 0.444 e. The minimum Gasteiger partial charge on any atom is -0.444 e. The van der Waals surface area contributed by atoms with Crippen molar-refractivity contribution in [1.29, 1.82) is 0 Å². The van der Waals surface area contributed by atoms with Gasteiger partial charge in [0.05, 0.1) is 12.6 Å². The standard InChI is InChI=1S/C16H23FN2O5S/c1-16(2,3)24-15(21)18(4)12-8-19(9-12)25(22,23)14-7-11(10-20)5-6-13(14)17/h5-7,12,20H,8-10H2,1-4H3. The van der Waals surface area contributed by atoms with Gasteiger partial charge in [-0.15, -0.1) is 0 Å². The summed E-state index contributed by atoms with van der Waals surface area (Å²) in [7, 11) is -2.49. The highest BCUT2D eigenvalue weighted by Crippen LogP contribution is 2.27. The number of hydrogen-bond donors (Lipinski definition) is 1. The molecular weight excluding hydrogens is 351 g/mol. The number of carbonyl (C=O) groups is 1. The highest BCUT2D eigenvalue weighted by atomic mass is 32.2. The van der Waals surface area contributed by atoms with E-state index >= 15 is 0 Å². The van der Waals surface area contributed by atoms with E-state index in [0.29, 0.717) is 5.56 Å². The Labute approximate surface area is 147 Å². The Morgan fingerprint density at radius 3 is 2.52 bits per heavy atom. The number of amides is 1. The normalized spacial score (nSPS) is 16.4. The lowest BCUT2D eigenvalue weighted by Crippen LogP contribution is -2.61. The highest BCUT2D eigenvalue weighted by molar-refractivity contribution is 7.89. The lowest BCUT2D eigenvalue weighted by Gasteiger charge is -2.42. The van der Waals surface area contributed by atoms with Crippen molar-refractivity contribution >= 4 is 16.1 Å². The maximum atomic E-state index is 13.9. The molecule has 0 unspecified atom stereocenters. The van der Waals surface area contributed by atoms with Gasteiger partial charge >= 0.3 is 6.09 Å². The summed E-state index contributed by atoms with van der Waals surface area (Å²) in [6.07, 6.45) is -0.539. The zero-order chi connectivity index (χ0) is 19.0. The molecule has 1 saturated heterocycles. The Morgan fingerprint density at radius 2 is 2.00 bits per heavy atom. The first-order valence-corrected chi connectivity index (χ1v) is 9.25. The number of aliphatic hydroxyl groups is 1. The number of nitrogens with zero attached hydrogens (tertiary/aromatic N) is 2. The third kappa shape index (κ3) is 4.28. The predicted octanol–water partition coefficient (Wildman–Crippen LogP) is 1.56. The smallest absolute Gasteiger partial charge is 0.410 e. The lowest BCUT2D eigenvalue weighted by atomic mass is 10.1. The zero-order valence-electron chi connectivity index (χ0n) is 14.7. The first-order chi connectivity index (χ1) is 11.5. The average Bonchev–Trinajstić information content (AvgIpc) is 2.43. The van der Waals surface area contributed by atoms with Crippen molar-refractivity contribution in [1.82, 2.24) is 9.21 Å². The average molecular weight is 374 g/mol. The maximum Gasteiger partial charge on any atom is 0.410 e. The zero-order valence-corrected chi connectivity index (χ0v) is 15.5. The molecule has 1 aliphatic heterocycles. The van der Waals surface area contributed by atoms with E-state index < -0.39 is 32.4 Å². The number of rotatable bonds is 4. The fourth-order valence-corrected chi connectivity index (χ4v) is 3.95. The third-order valence-electron chi connectivity index (χ3n) is 3.85. The van der Waals surface area contributed by atoms with E-state index in [1.807, 2.05) is 0 Å². The molecule has 1 heterocycles. The number of sulfonamides is 1. The summed E-state index contributed by atoms with van der Waals surface area (Å²) >= 11 is 0. The first-order valence-electron chi connectivity index (χ1n) is 7.81. The molecule has 7 nitrogen and oxygen atoms in total. The number of halogens is 1. The molecular formula is C16H23FN2O5S. The Bertz CT molecular complexity index is 754. The summed E-state index contributed by atoms with van der Waals surface area (Å²) in [5, 5.41) is 9.11. The van der Waals surface area contributed by atoms with Crippen molar-refractivity contribution < 1.29 is 27.4 Å². The van der Waals surface area contributed by atoms with E-state index in [1.165, 1.54) is 18.0 Å². The molecule has 1 aromatic rings. The molecule has 0 radical (unpaired) electrons. The van der Waals surface area contributed by atoms with Crippen LogP contribution in [0.4, 0.5) is 9.18 Å². The van der Waals surface area contributed by atoms with Gasteiger partial charge in [0.2, 0.25) is 10.0 Å². The van der Waals surface area contributed by atoms with Gasteiger partial charge in [-0.25, -0.2) is 17.6 Å². The molecule has 1 amide bonds. The summed E-state index contributed by atoms with van der Waals surface area (Å²) in [5.41, 5.74) is -0.336. The van der Waals surface area contributed by atoms with Crippen molar-refractivity contribution in [2.45, 2.75) is 43.9 Å². The van der Waals surface area contributed by atoms with Crippen LogP contribution in [0.3, 0.4) is 0 Å². The maximum absolute atomic E-state index is 13.9. The minimum atomic E-state index is -4.02.